The predicted octanol–water partition coefficient (Wildman–Crippen LogP) is 2.46. The van der Waals surface area contributed by atoms with Crippen molar-refractivity contribution in [3.8, 4) is 0 Å². The van der Waals surface area contributed by atoms with Crippen LogP contribution in [0.3, 0.4) is 0 Å². The van der Waals surface area contributed by atoms with Crippen LogP contribution in [0.5, 0.6) is 0 Å². The van der Waals surface area contributed by atoms with E-state index in [9.17, 15) is 4.79 Å². The highest BCUT2D eigenvalue weighted by atomic mass is 16.2. The Hall–Kier alpha value is -1.43. The van der Waals surface area contributed by atoms with E-state index < -0.39 is 0 Å². The molecular formula is C18H31N5O. The summed E-state index contributed by atoms with van der Waals surface area (Å²) in [6.07, 6.45) is 8.47. The molecule has 1 aromatic heterocycles. The number of amides is 1. The smallest absolute Gasteiger partial charge is 0.273 e. The summed E-state index contributed by atoms with van der Waals surface area (Å²) in [5.74, 6) is 1.45. The topological polar surface area (TPSA) is 71.8 Å². The molecule has 1 aromatic rings. The van der Waals surface area contributed by atoms with Crippen LogP contribution in [-0.4, -0.2) is 40.5 Å². The number of piperidine rings is 1. The first-order valence-corrected chi connectivity index (χ1v) is 9.59. The van der Waals surface area contributed by atoms with Gasteiger partial charge in [-0.2, -0.15) is 0 Å². The van der Waals surface area contributed by atoms with Gasteiger partial charge in [0.25, 0.3) is 5.91 Å². The normalized spacial score (nSPS) is 25.6. The number of nitrogens with zero attached hydrogens (tertiary/aromatic N) is 3. The van der Waals surface area contributed by atoms with E-state index in [2.05, 4.69) is 27.9 Å². The molecule has 0 atom stereocenters. The number of aromatic nitrogens is 3. The first kappa shape index (κ1) is 17.4. The largest absolute Gasteiger partial charge is 0.350 e. The Morgan fingerprint density at radius 1 is 1.17 bits per heavy atom. The zero-order valence-corrected chi connectivity index (χ0v) is 15.1. The Kier molecular flexibility index (Phi) is 5.87. The van der Waals surface area contributed by atoms with Crippen molar-refractivity contribution in [1.29, 1.82) is 0 Å². The monoisotopic (exact) mass is 333 g/mol. The molecule has 1 aliphatic carbocycles. The summed E-state index contributed by atoms with van der Waals surface area (Å²) in [6, 6.07) is 0.365. The molecule has 2 aliphatic rings. The van der Waals surface area contributed by atoms with E-state index >= 15 is 0 Å². The van der Waals surface area contributed by atoms with Crippen LogP contribution >= 0.6 is 0 Å². The maximum atomic E-state index is 12.5. The van der Waals surface area contributed by atoms with Crippen molar-refractivity contribution in [1.82, 2.24) is 25.6 Å². The van der Waals surface area contributed by atoms with Crippen LogP contribution in [0.4, 0.5) is 0 Å². The molecule has 2 heterocycles. The lowest BCUT2D eigenvalue weighted by atomic mass is 9.81. The van der Waals surface area contributed by atoms with Gasteiger partial charge < -0.3 is 10.6 Å². The molecule has 0 aromatic carbocycles. The van der Waals surface area contributed by atoms with Crippen molar-refractivity contribution >= 4 is 5.91 Å². The molecule has 1 saturated carbocycles. The molecule has 1 amide bonds. The highest BCUT2D eigenvalue weighted by Gasteiger charge is 2.24. The fourth-order valence-electron chi connectivity index (χ4n) is 4.11. The molecule has 0 unspecified atom stereocenters. The summed E-state index contributed by atoms with van der Waals surface area (Å²) in [5, 5.41) is 14.9. The summed E-state index contributed by atoms with van der Waals surface area (Å²) >= 11 is 0. The maximum Gasteiger partial charge on any atom is 0.273 e. The van der Waals surface area contributed by atoms with Crippen LogP contribution in [-0.2, 0) is 0 Å². The number of carbonyl (C=O) groups excluding carboxylic acids is 1. The second-order valence-electron chi connectivity index (χ2n) is 7.45. The van der Waals surface area contributed by atoms with Gasteiger partial charge in [0.05, 0.1) is 11.7 Å². The number of hydrogen-bond acceptors (Lipinski definition) is 4. The average molecular weight is 333 g/mol. The van der Waals surface area contributed by atoms with Crippen molar-refractivity contribution in [3.05, 3.63) is 11.4 Å². The molecule has 1 saturated heterocycles. The van der Waals surface area contributed by atoms with Crippen LogP contribution in [0.25, 0.3) is 0 Å². The molecule has 6 nitrogen and oxygen atoms in total. The lowest BCUT2D eigenvalue weighted by Gasteiger charge is -2.27. The number of nitrogens with one attached hydrogen (secondary N) is 2. The second-order valence-corrected chi connectivity index (χ2v) is 7.45. The Morgan fingerprint density at radius 3 is 2.50 bits per heavy atom. The summed E-state index contributed by atoms with van der Waals surface area (Å²) in [7, 11) is 0. The van der Waals surface area contributed by atoms with Gasteiger partial charge in [-0.15, -0.1) is 5.10 Å². The molecule has 6 heteroatoms. The van der Waals surface area contributed by atoms with Gasteiger partial charge in [-0.3, -0.25) is 4.79 Å². The van der Waals surface area contributed by atoms with E-state index in [0.29, 0.717) is 17.7 Å². The Labute approximate surface area is 144 Å². The van der Waals surface area contributed by atoms with Gasteiger partial charge in [0.15, 0.2) is 5.69 Å². The average Bonchev–Trinajstić information content (AvgIpc) is 3.02. The van der Waals surface area contributed by atoms with Crippen molar-refractivity contribution in [2.24, 2.45) is 11.8 Å². The fourth-order valence-corrected chi connectivity index (χ4v) is 4.11. The zero-order chi connectivity index (χ0) is 16.9. The van der Waals surface area contributed by atoms with Crippen molar-refractivity contribution in [3.63, 3.8) is 0 Å². The molecule has 2 fully saturated rings. The SMILES string of the molecule is CCC1CCC(CNC(=O)c2nnn(C3CCNCC3)c2C)CC1. The van der Waals surface area contributed by atoms with Crippen LogP contribution < -0.4 is 10.6 Å². The first-order chi connectivity index (χ1) is 11.7. The zero-order valence-electron chi connectivity index (χ0n) is 15.1. The maximum absolute atomic E-state index is 12.5. The van der Waals surface area contributed by atoms with Crippen molar-refractivity contribution < 1.29 is 4.79 Å². The number of carbonyl (C=O) groups is 1. The van der Waals surface area contributed by atoms with E-state index in [4.69, 9.17) is 0 Å². The quantitative estimate of drug-likeness (QED) is 0.868. The molecule has 2 N–H and O–H groups in total. The lowest BCUT2D eigenvalue weighted by molar-refractivity contribution is 0.0935. The predicted molar refractivity (Wildman–Crippen MR) is 94.0 cm³/mol. The van der Waals surface area contributed by atoms with Crippen molar-refractivity contribution in [2.75, 3.05) is 19.6 Å². The van der Waals surface area contributed by atoms with Gasteiger partial charge in [-0.1, -0.05) is 31.4 Å². The van der Waals surface area contributed by atoms with E-state index in [-0.39, 0.29) is 5.91 Å². The standard InChI is InChI=1S/C18H31N5O/c1-3-14-4-6-15(7-5-14)12-20-18(24)17-13(2)23(22-21-17)16-8-10-19-11-9-16/h14-16,19H,3-12H2,1-2H3,(H,20,24). The van der Waals surface area contributed by atoms with Gasteiger partial charge in [-0.25, -0.2) is 4.68 Å². The molecule has 0 spiro atoms. The van der Waals surface area contributed by atoms with E-state index in [1.807, 2.05) is 11.6 Å². The van der Waals surface area contributed by atoms with Gasteiger partial charge in [-0.05, 0) is 57.5 Å². The van der Waals surface area contributed by atoms with Gasteiger partial charge in [0, 0.05) is 6.54 Å². The second kappa shape index (κ2) is 8.10. The third-order valence-electron chi connectivity index (χ3n) is 5.89. The van der Waals surface area contributed by atoms with Crippen molar-refractivity contribution in [2.45, 2.75) is 64.8 Å². The van der Waals surface area contributed by atoms with Crippen LogP contribution in [0.2, 0.25) is 0 Å². The minimum atomic E-state index is -0.0645. The highest BCUT2D eigenvalue weighted by Crippen LogP contribution is 2.30. The summed E-state index contributed by atoms with van der Waals surface area (Å²) < 4.78 is 1.95. The fraction of sp³-hybridized carbons (Fsp3) is 0.833. The van der Waals surface area contributed by atoms with E-state index in [1.165, 1.54) is 32.1 Å². The van der Waals surface area contributed by atoms with Crippen LogP contribution in [0, 0.1) is 18.8 Å². The molecule has 0 radical (unpaired) electrons. The Morgan fingerprint density at radius 2 is 1.83 bits per heavy atom. The van der Waals surface area contributed by atoms with Gasteiger partial charge in [0.1, 0.15) is 0 Å². The third kappa shape index (κ3) is 3.97. The molecule has 1 aliphatic heterocycles. The Bertz CT molecular complexity index is 542. The lowest BCUT2D eigenvalue weighted by Crippen LogP contribution is -2.32. The Balaban J connectivity index is 1.53. The van der Waals surface area contributed by atoms with Crippen LogP contribution in [0.1, 0.15) is 74.1 Å². The summed E-state index contributed by atoms with van der Waals surface area (Å²) in [5.41, 5.74) is 1.39. The minimum absolute atomic E-state index is 0.0645. The number of rotatable bonds is 5. The number of hydrogen-bond donors (Lipinski definition) is 2. The summed E-state index contributed by atoms with van der Waals surface area (Å²) in [6.45, 7) is 7.03. The summed E-state index contributed by atoms with van der Waals surface area (Å²) in [4.78, 5) is 12.5. The minimum Gasteiger partial charge on any atom is -0.350 e. The van der Waals surface area contributed by atoms with E-state index in [0.717, 1.165) is 44.1 Å². The third-order valence-corrected chi connectivity index (χ3v) is 5.89. The molecule has 134 valence electrons. The molecule has 24 heavy (non-hydrogen) atoms. The van der Waals surface area contributed by atoms with Gasteiger partial charge >= 0.3 is 0 Å². The van der Waals surface area contributed by atoms with E-state index in [1.54, 1.807) is 0 Å². The molecule has 0 bridgehead atoms. The van der Waals surface area contributed by atoms with Gasteiger partial charge in [0.2, 0.25) is 0 Å². The first-order valence-electron chi connectivity index (χ1n) is 9.59. The highest BCUT2D eigenvalue weighted by molar-refractivity contribution is 5.93. The molecular weight excluding hydrogens is 302 g/mol. The van der Waals surface area contributed by atoms with Crippen LogP contribution in [0.15, 0.2) is 0 Å². The molecule has 3 rings (SSSR count).